The summed E-state index contributed by atoms with van der Waals surface area (Å²) < 4.78 is 0. The van der Waals surface area contributed by atoms with E-state index < -0.39 is 0 Å². The van der Waals surface area contributed by atoms with Crippen LogP contribution in [0.1, 0.15) is 24.8 Å². The lowest BCUT2D eigenvalue weighted by atomic mass is 9.95. The standard InChI is InChI=1S/C14H15BrCl2/c15-12(11-6-9-5-10(9)7-11)3-8-1-2-13(16)14(17)4-8/h1-2,4,9-12H,3,5-7H2. The molecule has 0 N–H and O–H groups in total. The maximum Gasteiger partial charge on any atom is 0.0595 e. The monoisotopic (exact) mass is 332 g/mol. The predicted octanol–water partition coefficient (Wildman–Crippen LogP) is 5.35. The molecule has 0 aliphatic heterocycles. The van der Waals surface area contributed by atoms with Gasteiger partial charge in [-0.15, -0.1) is 0 Å². The van der Waals surface area contributed by atoms with Crippen LogP contribution in [-0.4, -0.2) is 4.83 Å². The number of alkyl halides is 1. The maximum absolute atomic E-state index is 6.04. The van der Waals surface area contributed by atoms with E-state index in [0.717, 1.165) is 24.2 Å². The van der Waals surface area contributed by atoms with Crippen LogP contribution in [0.4, 0.5) is 0 Å². The molecule has 3 unspecified atom stereocenters. The van der Waals surface area contributed by atoms with E-state index >= 15 is 0 Å². The second kappa shape index (κ2) is 4.75. The lowest BCUT2D eigenvalue weighted by Gasteiger charge is -2.19. The highest BCUT2D eigenvalue weighted by Gasteiger charge is 2.47. The molecule has 0 amide bonds. The molecule has 1 aromatic rings. The van der Waals surface area contributed by atoms with E-state index in [1.807, 2.05) is 12.1 Å². The van der Waals surface area contributed by atoms with Gasteiger partial charge in [-0.2, -0.15) is 0 Å². The van der Waals surface area contributed by atoms with E-state index in [9.17, 15) is 0 Å². The lowest BCUT2D eigenvalue weighted by molar-refractivity contribution is 0.471. The Kier molecular flexibility index (Phi) is 3.44. The zero-order valence-corrected chi connectivity index (χ0v) is 12.6. The average molecular weight is 334 g/mol. The van der Waals surface area contributed by atoms with E-state index in [0.29, 0.717) is 14.9 Å². The number of fused-ring (bicyclic) bond motifs is 1. The molecule has 3 heteroatoms. The van der Waals surface area contributed by atoms with Crippen LogP contribution in [0, 0.1) is 17.8 Å². The van der Waals surface area contributed by atoms with Crippen molar-refractivity contribution in [3.05, 3.63) is 33.8 Å². The van der Waals surface area contributed by atoms with E-state index in [1.165, 1.54) is 24.8 Å². The lowest BCUT2D eigenvalue weighted by Crippen LogP contribution is -2.15. The van der Waals surface area contributed by atoms with Crippen molar-refractivity contribution in [1.82, 2.24) is 0 Å². The summed E-state index contributed by atoms with van der Waals surface area (Å²) >= 11 is 15.8. The smallest absolute Gasteiger partial charge is 0.0595 e. The fraction of sp³-hybridized carbons (Fsp3) is 0.571. The van der Waals surface area contributed by atoms with Gasteiger partial charge in [0.2, 0.25) is 0 Å². The maximum atomic E-state index is 6.04. The SMILES string of the molecule is Clc1ccc(CC(Br)C2CC3CC3C2)cc1Cl. The fourth-order valence-corrected chi connectivity index (χ4v) is 4.24. The highest BCUT2D eigenvalue weighted by molar-refractivity contribution is 9.09. The molecule has 3 atom stereocenters. The first-order chi connectivity index (χ1) is 8.13. The molecule has 0 spiro atoms. The number of benzene rings is 1. The van der Waals surface area contributed by atoms with Crippen LogP contribution in [0.25, 0.3) is 0 Å². The summed E-state index contributed by atoms with van der Waals surface area (Å²) in [6.07, 6.45) is 5.38. The Bertz CT molecular complexity index is 422. The van der Waals surface area contributed by atoms with Gasteiger partial charge in [-0.3, -0.25) is 0 Å². The molecule has 17 heavy (non-hydrogen) atoms. The molecule has 0 nitrogen and oxygen atoms in total. The first kappa shape index (κ1) is 12.3. The van der Waals surface area contributed by atoms with E-state index in [1.54, 1.807) is 0 Å². The molecule has 0 bridgehead atoms. The number of rotatable bonds is 3. The van der Waals surface area contributed by atoms with Crippen LogP contribution in [-0.2, 0) is 6.42 Å². The molecule has 2 saturated carbocycles. The molecule has 2 fully saturated rings. The van der Waals surface area contributed by atoms with Gasteiger partial charge in [0.05, 0.1) is 10.0 Å². The van der Waals surface area contributed by atoms with Gasteiger partial charge in [-0.05, 0) is 61.1 Å². The van der Waals surface area contributed by atoms with Crippen LogP contribution in [0.3, 0.4) is 0 Å². The summed E-state index contributed by atoms with van der Waals surface area (Å²) in [4.78, 5) is 0.590. The van der Waals surface area contributed by atoms with Gasteiger partial charge < -0.3 is 0 Å². The molecule has 2 aliphatic rings. The molecule has 0 saturated heterocycles. The Hall–Kier alpha value is 0.280. The largest absolute Gasteiger partial charge is 0.0884 e. The normalized spacial score (nSPS) is 32.3. The van der Waals surface area contributed by atoms with E-state index in [4.69, 9.17) is 23.2 Å². The van der Waals surface area contributed by atoms with Crippen molar-refractivity contribution in [2.45, 2.75) is 30.5 Å². The van der Waals surface area contributed by atoms with Gasteiger partial charge >= 0.3 is 0 Å². The molecule has 3 rings (SSSR count). The zero-order chi connectivity index (χ0) is 12.0. The van der Waals surface area contributed by atoms with Crippen molar-refractivity contribution in [2.24, 2.45) is 17.8 Å². The predicted molar refractivity (Wildman–Crippen MR) is 77.2 cm³/mol. The molecule has 1 aromatic carbocycles. The fourth-order valence-electron chi connectivity index (χ4n) is 3.12. The minimum atomic E-state index is 0.590. The second-order valence-electron chi connectivity index (χ2n) is 5.46. The van der Waals surface area contributed by atoms with Gasteiger partial charge in [0, 0.05) is 4.83 Å². The van der Waals surface area contributed by atoms with Crippen LogP contribution in [0.2, 0.25) is 10.0 Å². The Morgan fingerprint density at radius 1 is 1.12 bits per heavy atom. The third kappa shape index (κ3) is 2.67. The second-order valence-corrected chi connectivity index (χ2v) is 7.45. The van der Waals surface area contributed by atoms with Crippen molar-refractivity contribution >= 4 is 39.1 Å². The number of halogens is 3. The summed E-state index contributed by atoms with van der Waals surface area (Å²) in [7, 11) is 0. The van der Waals surface area contributed by atoms with Crippen LogP contribution in [0.15, 0.2) is 18.2 Å². The number of hydrogen-bond acceptors (Lipinski definition) is 0. The topological polar surface area (TPSA) is 0 Å². The van der Waals surface area contributed by atoms with Gasteiger partial charge in [-0.25, -0.2) is 0 Å². The van der Waals surface area contributed by atoms with Crippen molar-refractivity contribution in [3.63, 3.8) is 0 Å². The molecule has 92 valence electrons. The van der Waals surface area contributed by atoms with Gasteiger partial charge in [0.25, 0.3) is 0 Å². The molecule has 0 heterocycles. The highest BCUT2D eigenvalue weighted by Crippen LogP contribution is 2.56. The Labute approximate surface area is 121 Å². The molecule has 2 aliphatic carbocycles. The summed E-state index contributed by atoms with van der Waals surface area (Å²) in [6.45, 7) is 0. The Morgan fingerprint density at radius 3 is 2.47 bits per heavy atom. The van der Waals surface area contributed by atoms with Crippen molar-refractivity contribution < 1.29 is 0 Å². The molecule has 0 aromatic heterocycles. The van der Waals surface area contributed by atoms with Gasteiger partial charge in [-0.1, -0.05) is 45.2 Å². The molecular weight excluding hydrogens is 319 g/mol. The Balaban J connectivity index is 1.63. The summed E-state index contributed by atoms with van der Waals surface area (Å²) in [5.41, 5.74) is 1.28. The number of hydrogen-bond donors (Lipinski definition) is 0. The summed E-state index contributed by atoms with van der Waals surface area (Å²) in [6, 6.07) is 5.97. The third-order valence-corrected chi connectivity index (χ3v) is 6.02. The van der Waals surface area contributed by atoms with E-state index in [-0.39, 0.29) is 0 Å². The third-order valence-electron chi connectivity index (χ3n) is 4.21. The van der Waals surface area contributed by atoms with Crippen molar-refractivity contribution in [1.29, 1.82) is 0 Å². The minimum absolute atomic E-state index is 0.590. The average Bonchev–Trinajstić information content (AvgIpc) is 2.91. The van der Waals surface area contributed by atoms with Crippen LogP contribution < -0.4 is 0 Å². The highest BCUT2D eigenvalue weighted by atomic mass is 79.9. The van der Waals surface area contributed by atoms with Crippen molar-refractivity contribution in [3.8, 4) is 0 Å². The van der Waals surface area contributed by atoms with E-state index in [2.05, 4.69) is 22.0 Å². The molecular formula is C14H15BrCl2. The first-order valence-electron chi connectivity index (χ1n) is 6.21. The molecule has 0 radical (unpaired) electrons. The summed E-state index contributed by atoms with van der Waals surface area (Å²) in [5.74, 6) is 2.95. The zero-order valence-electron chi connectivity index (χ0n) is 9.50. The van der Waals surface area contributed by atoms with Crippen LogP contribution in [0.5, 0.6) is 0 Å². The Morgan fingerprint density at radius 2 is 1.82 bits per heavy atom. The van der Waals surface area contributed by atoms with Crippen LogP contribution >= 0.6 is 39.1 Å². The minimum Gasteiger partial charge on any atom is -0.0884 e. The van der Waals surface area contributed by atoms with Crippen molar-refractivity contribution in [2.75, 3.05) is 0 Å². The van der Waals surface area contributed by atoms with Gasteiger partial charge in [0.15, 0.2) is 0 Å². The first-order valence-corrected chi connectivity index (χ1v) is 7.88. The quantitative estimate of drug-likeness (QED) is 0.654. The summed E-state index contributed by atoms with van der Waals surface area (Å²) in [5, 5.41) is 1.31. The van der Waals surface area contributed by atoms with Gasteiger partial charge in [0.1, 0.15) is 0 Å².